The lowest BCUT2D eigenvalue weighted by molar-refractivity contribution is -0.163. The van der Waals surface area contributed by atoms with Crippen LogP contribution in [0.2, 0.25) is 0 Å². The summed E-state index contributed by atoms with van der Waals surface area (Å²) in [6.45, 7) is 8.34. The van der Waals surface area contributed by atoms with Crippen molar-refractivity contribution in [1.29, 1.82) is 0 Å². The van der Waals surface area contributed by atoms with Gasteiger partial charge in [0.25, 0.3) is 5.54 Å². The second kappa shape index (κ2) is 8.12. The number of nitrogens with one attached hydrogen (secondary N) is 1. The molecule has 0 bridgehead atoms. The highest BCUT2D eigenvalue weighted by Gasteiger charge is 2.52. The lowest BCUT2D eigenvalue weighted by Crippen LogP contribution is -2.61. The fraction of sp³-hybridized carbons (Fsp3) is 0.353. The van der Waals surface area contributed by atoms with Crippen LogP contribution in [-0.4, -0.2) is 36.6 Å². The molecular weight excluding hydrogens is 298 g/mol. The molecule has 0 unspecified atom stereocenters. The van der Waals surface area contributed by atoms with E-state index in [-0.39, 0.29) is 18.8 Å². The van der Waals surface area contributed by atoms with E-state index >= 15 is 0 Å². The van der Waals surface area contributed by atoms with Gasteiger partial charge >= 0.3 is 11.9 Å². The Morgan fingerprint density at radius 1 is 1.04 bits per heavy atom. The molecule has 0 saturated heterocycles. The van der Waals surface area contributed by atoms with E-state index in [0.717, 1.165) is 0 Å². The zero-order valence-electron chi connectivity index (χ0n) is 13.5. The smallest absolute Gasteiger partial charge is 0.348 e. The molecule has 1 amide bonds. The molecule has 0 aromatic heterocycles. The van der Waals surface area contributed by atoms with E-state index in [1.54, 1.807) is 44.2 Å². The van der Waals surface area contributed by atoms with E-state index in [9.17, 15) is 14.4 Å². The molecule has 0 spiro atoms. The largest absolute Gasteiger partial charge is 0.464 e. The maximum atomic E-state index is 12.5. The minimum atomic E-state index is -2.11. The molecule has 0 radical (unpaired) electrons. The highest BCUT2D eigenvalue weighted by molar-refractivity contribution is 6.19. The van der Waals surface area contributed by atoms with Crippen molar-refractivity contribution in [2.75, 3.05) is 13.2 Å². The van der Waals surface area contributed by atoms with Gasteiger partial charge < -0.3 is 14.8 Å². The minimum Gasteiger partial charge on any atom is -0.464 e. The van der Waals surface area contributed by atoms with Crippen molar-refractivity contribution in [3.63, 3.8) is 0 Å². The Morgan fingerprint density at radius 2 is 1.52 bits per heavy atom. The molecule has 0 fully saturated rings. The zero-order valence-corrected chi connectivity index (χ0v) is 13.5. The molecule has 0 aliphatic heterocycles. The zero-order chi connectivity index (χ0) is 17.5. The first-order valence-electron chi connectivity index (χ1n) is 7.28. The van der Waals surface area contributed by atoms with Crippen LogP contribution in [0.4, 0.5) is 0 Å². The Balaban J connectivity index is 3.47. The van der Waals surface area contributed by atoms with Crippen LogP contribution in [0, 0.1) is 0 Å². The van der Waals surface area contributed by atoms with E-state index in [1.807, 2.05) is 0 Å². The van der Waals surface area contributed by atoms with E-state index in [1.165, 1.54) is 6.92 Å². The van der Waals surface area contributed by atoms with Gasteiger partial charge in [-0.2, -0.15) is 0 Å². The van der Waals surface area contributed by atoms with Crippen molar-refractivity contribution in [2.45, 2.75) is 26.3 Å². The molecule has 124 valence electrons. The molecule has 23 heavy (non-hydrogen) atoms. The van der Waals surface area contributed by atoms with Crippen molar-refractivity contribution in [1.82, 2.24) is 5.32 Å². The number of amides is 1. The quantitative estimate of drug-likeness (QED) is 0.611. The fourth-order valence-corrected chi connectivity index (χ4v) is 2.11. The number of hydrogen-bond acceptors (Lipinski definition) is 5. The number of ether oxygens (including phenoxy) is 2. The van der Waals surface area contributed by atoms with Crippen LogP contribution in [0.5, 0.6) is 0 Å². The predicted molar refractivity (Wildman–Crippen MR) is 85.3 cm³/mol. The van der Waals surface area contributed by atoms with Gasteiger partial charge in [-0.1, -0.05) is 36.9 Å². The molecule has 0 aliphatic rings. The average molecular weight is 319 g/mol. The third-order valence-corrected chi connectivity index (χ3v) is 3.10. The fourth-order valence-electron chi connectivity index (χ4n) is 2.11. The van der Waals surface area contributed by atoms with Gasteiger partial charge in [-0.25, -0.2) is 9.59 Å². The molecule has 1 rings (SSSR count). The SMILES string of the molecule is C=C(c1ccccc1)C(NC(C)=O)(C(=O)OCC)C(=O)OCC. The number of benzene rings is 1. The Labute approximate surface area is 135 Å². The summed E-state index contributed by atoms with van der Waals surface area (Å²) >= 11 is 0. The van der Waals surface area contributed by atoms with Gasteiger partial charge in [0.2, 0.25) is 5.91 Å². The van der Waals surface area contributed by atoms with Gasteiger partial charge in [0.1, 0.15) is 0 Å². The molecule has 1 aromatic carbocycles. The van der Waals surface area contributed by atoms with Gasteiger partial charge in [-0.3, -0.25) is 4.79 Å². The van der Waals surface area contributed by atoms with Crippen LogP contribution >= 0.6 is 0 Å². The van der Waals surface area contributed by atoms with Crippen molar-refractivity contribution < 1.29 is 23.9 Å². The molecule has 6 heteroatoms. The topological polar surface area (TPSA) is 81.7 Å². The second-order valence-corrected chi connectivity index (χ2v) is 4.72. The molecule has 0 aliphatic carbocycles. The summed E-state index contributed by atoms with van der Waals surface area (Å²) in [4.78, 5) is 36.7. The standard InChI is InChI=1S/C17H21NO5/c1-5-22-15(20)17(18-13(4)19,16(21)23-6-2)12(3)14-10-8-7-9-11-14/h7-11H,3,5-6H2,1-2,4H3,(H,18,19). The van der Waals surface area contributed by atoms with Crippen LogP contribution in [0.25, 0.3) is 5.57 Å². The van der Waals surface area contributed by atoms with Gasteiger partial charge in [-0.15, -0.1) is 0 Å². The molecule has 0 atom stereocenters. The first kappa shape index (κ1) is 18.4. The molecule has 1 N–H and O–H groups in total. The Hall–Kier alpha value is -2.63. The number of carbonyl (C=O) groups is 3. The van der Waals surface area contributed by atoms with Gasteiger partial charge in [0.05, 0.1) is 13.2 Å². The van der Waals surface area contributed by atoms with Gasteiger partial charge in [-0.05, 0) is 19.4 Å². The third kappa shape index (κ3) is 3.97. The number of carbonyl (C=O) groups excluding carboxylic acids is 3. The van der Waals surface area contributed by atoms with Crippen LogP contribution in [0.15, 0.2) is 36.9 Å². The minimum absolute atomic E-state index is 0.0433. The lowest BCUT2D eigenvalue weighted by atomic mass is 9.85. The summed E-state index contributed by atoms with van der Waals surface area (Å²) in [5.41, 5.74) is -1.51. The summed E-state index contributed by atoms with van der Waals surface area (Å²) < 4.78 is 10.0. The van der Waals surface area contributed by atoms with Crippen LogP contribution in [0.3, 0.4) is 0 Å². The van der Waals surface area contributed by atoms with Crippen molar-refractivity contribution in [2.24, 2.45) is 0 Å². The molecule has 0 saturated carbocycles. The second-order valence-electron chi connectivity index (χ2n) is 4.72. The van der Waals surface area contributed by atoms with Gasteiger partial charge in [0, 0.05) is 12.5 Å². The summed E-state index contributed by atoms with van der Waals surface area (Å²) in [6.07, 6.45) is 0. The van der Waals surface area contributed by atoms with Crippen molar-refractivity contribution in [3.05, 3.63) is 42.5 Å². The number of rotatable bonds is 7. The first-order valence-corrected chi connectivity index (χ1v) is 7.28. The monoisotopic (exact) mass is 319 g/mol. The maximum Gasteiger partial charge on any atom is 0.348 e. The van der Waals surface area contributed by atoms with E-state index < -0.39 is 23.4 Å². The van der Waals surface area contributed by atoms with Crippen LogP contribution in [-0.2, 0) is 23.9 Å². The third-order valence-electron chi connectivity index (χ3n) is 3.10. The normalized spacial score (nSPS) is 10.6. The number of hydrogen-bond donors (Lipinski definition) is 1. The van der Waals surface area contributed by atoms with E-state index in [0.29, 0.717) is 5.56 Å². The summed E-state index contributed by atoms with van der Waals surface area (Å²) in [5, 5.41) is 2.37. The van der Waals surface area contributed by atoms with Crippen LogP contribution in [0.1, 0.15) is 26.3 Å². The highest BCUT2D eigenvalue weighted by atomic mass is 16.6. The molecule has 1 aromatic rings. The highest BCUT2D eigenvalue weighted by Crippen LogP contribution is 2.29. The predicted octanol–water partition coefficient (Wildman–Crippen LogP) is 1.70. The summed E-state index contributed by atoms with van der Waals surface area (Å²) in [5.74, 6) is -2.44. The van der Waals surface area contributed by atoms with E-state index in [4.69, 9.17) is 9.47 Å². The van der Waals surface area contributed by atoms with Crippen molar-refractivity contribution in [3.8, 4) is 0 Å². The molecular formula is C17H21NO5. The number of esters is 2. The Kier molecular flexibility index (Phi) is 6.50. The average Bonchev–Trinajstić information content (AvgIpc) is 2.53. The van der Waals surface area contributed by atoms with Crippen LogP contribution < -0.4 is 5.32 Å². The lowest BCUT2D eigenvalue weighted by Gasteiger charge is -2.31. The summed E-state index contributed by atoms with van der Waals surface area (Å²) in [6, 6.07) is 8.60. The summed E-state index contributed by atoms with van der Waals surface area (Å²) in [7, 11) is 0. The maximum absolute atomic E-state index is 12.5. The Morgan fingerprint density at radius 3 is 1.91 bits per heavy atom. The first-order chi connectivity index (χ1) is 10.9. The van der Waals surface area contributed by atoms with Gasteiger partial charge in [0.15, 0.2) is 0 Å². The molecule has 0 heterocycles. The Bertz CT molecular complexity index is 576. The molecule has 6 nitrogen and oxygen atoms in total. The van der Waals surface area contributed by atoms with E-state index in [2.05, 4.69) is 11.9 Å². The van der Waals surface area contributed by atoms with Crippen molar-refractivity contribution >= 4 is 23.4 Å².